The Bertz CT molecular complexity index is 1110. The van der Waals surface area contributed by atoms with E-state index in [1.165, 1.54) is 29.1 Å². The number of hydrogen-bond acceptors (Lipinski definition) is 4. The summed E-state index contributed by atoms with van der Waals surface area (Å²) in [6.45, 7) is 0.345. The Morgan fingerprint density at radius 3 is 2.94 bits per heavy atom. The van der Waals surface area contributed by atoms with E-state index in [0.717, 1.165) is 11.3 Å². The Morgan fingerprint density at radius 2 is 2.19 bits per heavy atom. The average Bonchev–Trinajstić information content (AvgIpc) is 3.28. The number of nitrogens with one attached hydrogen (secondary N) is 1. The molecule has 3 N–H and O–H groups in total. The molecule has 0 spiro atoms. The van der Waals surface area contributed by atoms with Gasteiger partial charge in [0.1, 0.15) is 5.82 Å². The van der Waals surface area contributed by atoms with Crippen LogP contribution in [0.15, 0.2) is 36.5 Å². The normalized spacial score (nSPS) is 15.6. The van der Waals surface area contributed by atoms with Crippen molar-refractivity contribution >= 4 is 28.8 Å². The van der Waals surface area contributed by atoms with Crippen molar-refractivity contribution in [2.24, 2.45) is 5.73 Å². The van der Waals surface area contributed by atoms with Crippen molar-refractivity contribution in [3.63, 3.8) is 0 Å². The maximum absolute atomic E-state index is 14.8. The van der Waals surface area contributed by atoms with Gasteiger partial charge in [0.15, 0.2) is 0 Å². The van der Waals surface area contributed by atoms with Gasteiger partial charge in [0, 0.05) is 24.6 Å². The molecule has 1 amide bonds. The molecular formula is C21H20ClF3N4OS. The number of nitrogens with zero attached hydrogens (tertiary/aromatic N) is 2. The quantitative estimate of drug-likeness (QED) is 0.555. The summed E-state index contributed by atoms with van der Waals surface area (Å²) in [5, 5.41) is 7.19. The van der Waals surface area contributed by atoms with E-state index >= 15 is 0 Å². The Morgan fingerprint density at radius 1 is 1.39 bits per heavy atom. The fraction of sp³-hybridized carbons (Fsp3) is 0.333. The lowest BCUT2D eigenvalue weighted by Gasteiger charge is -2.18. The van der Waals surface area contributed by atoms with Gasteiger partial charge in [-0.25, -0.2) is 13.2 Å². The number of carbonyl (C=O) groups is 1. The number of aromatic nitrogens is 2. The highest BCUT2D eigenvalue weighted by atomic mass is 35.5. The molecule has 1 aromatic carbocycles. The standard InChI is InChI=1S/C21H20ClF3N4OS/c22-16-11-27-29-7-5-21(24,25)19-15(18(16)29)10-17(31-19)20(30)28-14(4-6-26)9-12-2-1-3-13(23)8-12/h1-3,8,10-11,14H,4-7,9,26H2,(H,28,30)/t14-/m1/s1. The number of alkyl halides is 2. The molecule has 0 saturated heterocycles. The molecule has 5 nitrogen and oxygen atoms in total. The molecule has 0 fully saturated rings. The summed E-state index contributed by atoms with van der Waals surface area (Å²) in [4.78, 5) is 12.9. The minimum Gasteiger partial charge on any atom is -0.348 e. The van der Waals surface area contributed by atoms with Gasteiger partial charge in [-0.15, -0.1) is 11.3 Å². The van der Waals surface area contributed by atoms with Gasteiger partial charge in [-0.1, -0.05) is 23.7 Å². The molecule has 1 aliphatic rings. The van der Waals surface area contributed by atoms with Gasteiger partial charge in [-0.2, -0.15) is 5.10 Å². The number of thiophene rings is 1. The predicted octanol–water partition coefficient (Wildman–Crippen LogP) is 4.59. The Balaban J connectivity index is 1.61. The summed E-state index contributed by atoms with van der Waals surface area (Å²) in [5.74, 6) is -3.94. The molecule has 3 heterocycles. The molecule has 31 heavy (non-hydrogen) atoms. The van der Waals surface area contributed by atoms with Gasteiger partial charge in [0.2, 0.25) is 0 Å². The molecule has 0 saturated carbocycles. The van der Waals surface area contributed by atoms with E-state index in [4.69, 9.17) is 17.3 Å². The zero-order chi connectivity index (χ0) is 22.2. The van der Waals surface area contributed by atoms with Gasteiger partial charge < -0.3 is 11.1 Å². The predicted molar refractivity (Wildman–Crippen MR) is 114 cm³/mol. The molecule has 0 radical (unpaired) electrons. The van der Waals surface area contributed by atoms with Crippen LogP contribution in [0.1, 0.15) is 33.0 Å². The Labute approximate surface area is 186 Å². The molecule has 1 atom stereocenters. The first-order chi connectivity index (χ1) is 14.8. The maximum atomic E-state index is 14.8. The molecule has 3 aromatic rings. The molecule has 2 aromatic heterocycles. The van der Waals surface area contributed by atoms with Crippen LogP contribution in [0.2, 0.25) is 5.02 Å². The lowest BCUT2D eigenvalue weighted by atomic mass is 10.0. The molecule has 1 aliphatic heterocycles. The van der Waals surface area contributed by atoms with E-state index in [1.807, 2.05) is 0 Å². The molecule has 10 heteroatoms. The van der Waals surface area contributed by atoms with Gasteiger partial charge in [0.25, 0.3) is 11.8 Å². The van der Waals surface area contributed by atoms with Crippen LogP contribution in [0.3, 0.4) is 0 Å². The number of benzene rings is 1. The highest BCUT2D eigenvalue weighted by molar-refractivity contribution is 7.14. The number of fused-ring (bicyclic) bond motifs is 3. The van der Waals surface area contributed by atoms with E-state index in [0.29, 0.717) is 30.6 Å². The van der Waals surface area contributed by atoms with E-state index in [-0.39, 0.29) is 38.7 Å². The number of hydrogen-bond donors (Lipinski definition) is 2. The summed E-state index contributed by atoms with van der Waals surface area (Å²) >= 11 is 6.96. The minimum atomic E-state index is -3.10. The van der Waals surface area contributed by atoms with Crippen LogP contribution in [-0.2, 0) is 18.9 Å². The molecular weight excluding hydrogens is 449 g/mol. The van der Waals surface area contributed by atoms with Crippen molar-refractivity contribution in [1.82, 2.24) is 15.1 Å². The van der Waals surface area contributed by atoms with Crippen molar-refractivity contribution in [1.29, 1.82) is 0 Å². The van der Waals surface area contributed by atoms with E-state index < -0.39 is 18.3 Å². The number of halogens is 4. The topological polar surface area (TPSA) is 72.9 Å². The van der Waals surface area contributed by atoms with Crippen molar-refractivity contribution < 1.29 is 18.0 Å². The van der Waals surface area contributed by atoms with Gasteiger partial charge in [0.05, 0.1) is 26.7 Å². The SMILES string of the molecule is NCC[C@H](Cc1cccc(F)c1)NC(=O)c1cc2c(s1)C(F)(F)CCn1ncc(Cl)c1-2. The van der Waals surface area contributed by atoms with Crippen LogP contribution in [0, 0.1) is 5.82 Å². The third-order valence-electron chi connectivity index (χ3n) is 5.20. The highest BCUT2D eigenvalue weighted by Crippen LogP contribution is 2.47. The largest absolute Gasteiger partial charge is 0.348 e. The summed E-state index contributed by atoms with van der Waals surface area (Å²) in [5.41, 5.74) is 7.00. The van der Waals surface area contributed by atoms with E-state index in [1.54, 1.807) is 12.1 Å². The summed E-state index contributed by atoms with van der Waals surface area (Å²) in [7, 11) is 0. The van der Waals surface area contributed by atoms with Crippen LogP contribution in [-0.4, -0.2) is 28.3 Å². The number of aryl methyl sites for hydroxylation is 1. The fourth-order valence-corrected chi connectivity index (χ4v) is 5.05. The monoisotopic (exact) mass is 468 g/mol. The summed E-state index contributed by atoms with van der Waals surface area (Å²) in [6.07, 6.45) is 1.82. The first-order valence-corrected chi connectivity index (χ1v) is 11.0. The summed E-state index contributed by atoms with van der Waals surface area (Å²) < 4.78 is 44.5. The lowest BCUT2D eigenvalue weighted by molar-refractivity contribution is -0.0122. The molecule has 0 bridgehead atoms. The third kappa shape index (κ3) is 4.49. The van der Waals surface area contributed by atoms with Crippen molar-refractivity contribution in [2.45, 2.75) is 37.8 Å². The summed E-state index contributed by atoms with van der Waals surface area (Å²) in [6, 6.07) is 7.17. The van der Waals surface area contributed by atoms with Gasteiger partial charge in [-0.05, 0) is 43.1 Å². The van der Waals surface area contributed by atoms with Crippen LogP contribution in [0.4, 0.5) is 13.2 Å². The second kappa shape index (κ2) is 8.64. The fourth-order valence-electron chi connectivity index (χ4n) is 3.74. The average molecular weight is 469 g/mol. The molecule has 0 unspecified atom stereocenters. The van der Waals surface area contributed by atoms with Gasteiger partial charge >= 0.3 is 0 Å². The first-order valence-electron chi connectivity index (χ1n) is 9.77. The second-order valence-corrected chi connectivity index (χ2v) is 8.91. The molecule has 4 rings (SSSR count). The van der Waals surface area contributed by atoms with Crippen LogP contribution in [0.5, 0.6) is 0 Å². The zero-order valence-corrected chi connectivity index (χ0v) is 17.9. The second-order valence-electron chi connectivity index (χ2n) is 7.45. The zero-order valence-electron chi connectivity index (χ0n) is 16.4. The number of nitrogens with two attached hydrogens (primary N) is 1. The van der Waals surface area contributed by atoms with Crippen LogP contribution >= 0.6 is 22.9 Å². The van der Waals surface area contributed by atoms with Crippen molar-refractivity contribution in [3.05, 3.63) is 62.7 Å². The number of carbonyl (C=O) groups excluding carboxylic acids is 1. The molecule has 0 aliphatic carbocycles. The van der Waals surface area contributed by atoms with Crippen LogP contribution < -0.4 is 11.1 Å². The lowest BCUT2D eigenvalue weighted by Crippen LogP contribution is -2.37. The Hall–Kier alpha value is -2.36. The van der Waals surface area contributed by atoms with Crippen LogP contribution in [0.25, 0.3) is 11.3 Å². The van der Waals surface area contributed by atoms with E-state index in [9.17, 15) is 18.0 Å². The van der Waals surface area contributed by atoms with Gasteiger partial charge in [-0.3, -0.25) is 9.48 Å². The smallest absolute Gasteiger partial charge is 0.284 e. The van der Waals surface area contributed by atoms with E-state index in [2.05, 4.69) is 10.4 Å². The first kappa shape index (κ1) is 21.9. The Kier molecular flexibility index (Phi) is 6.09. The molecule has 164 valence electrons. The maximum Gasteiger partial charge on any atom is 0.284 e. The number of amides is 1. The third-order valence-corrected chi connectivity index (χ3v) is 6.72. The minimum absolute atomic E-state index is 0.0319. The number of rotatable bonds is 6. The van der Waals surface area contributed by atoms with Crippen molar-refractivity contribution in [3.8, 4) is 11.3 Å². The van der Waals surface area contributed by atoms with Crippen molar-refractivity contribution in [2.75, 3.05) is 6.54 Å². The highest BCUT2D eigenvalue weighted by Gasteiger charge is 2.41.